The van der Waals surface area contributed by atoms with Crippen LogP contribution >= 0.6 is 15.9 Å². The van der Waals surface area contributed by atoms with Crippen LogP contribution in [-0.2, 0) is 0 Å². The van der Waals surface area contributed by atoms with Gasteiger partial charge in [0.1, 0.15) is 0 Å². The van der Waals surface area contributed by atoms with E-state index >= 15 is 0 Å². The summed E-state index contributed by atoms with van der Waals surface area (Å²) in [4.78, 5) is 14.2. The van der Waals surface area contributed by atoms with E-state index in [0.29, 0.717) is 6.04 Å². The topological polar surface area (TPSA) is 32.3 Å². The third-order valence-corrected chi connectivity index (χ3v) is 3.83. The molecule has 0 aromatic heterocycles. The first-order chi connectivity index (χ1) is 8.09. The molecule has 0 bridgehead atoms. The van der Waals surface area contributed by atoms with Gasteiger partial charge >= 0.3 is 0 Å². The largest absolute Gasteiger partial charge is 0.337 e. The van der Waals surface area contributed by atoms with Gasteiger partial charge in [-0.15, -0.1) is 0 Å². The normalized spacial score (nSPS) is 19.4. The molecule has 1 aromatic rings. The number of nitrogens with one attached hydrogen (secondary N) is 1. The van der Waals surface area contributed by atoms with Crippen molar-refractivity contribution in [2.24, 2.45) is 0 Å². The van der Waals surface area contributed by atoms with Crippen molar-refractivity contribution >= 4 is 21.8 Å². The molecule has 1 heterocycles. The number of rotatable bonds is 2. The molecule has 0 radical (unpaired) electrons. The van der Waals surface area contributed by atoms with Crippen molar-refractivity contribution in [2.45, 2.75) is 19.4 Å². The minimum absolute atomic E-state index is 0.109. The Hall–Kier alpha value is -0.870. The van der Waals surface area contributed by atoms with E-state index in [1.165, 1.54) is 0 Å². The van der Waals surface area contributed by atoms with E-state index in [1.807, 2.05) is 37.1 Å². The number of benzene rings is 1. The summed E-state index contributed by atoms with van der Waals surface area (Å²) in [6.45, 7) is 3.87. The minimum atomic E-state index is 0.109. The average Bonchev–Trinajstić information content (AvgIpc) is 2.84. The van der Waals surface area contributed by atoms with Gasteiger partial charge in [0.05, 0.1) is 0 Å². The smallest absolute Gasteiger partial charge is 0.254 e. The summed E-state index contributed by atoms with van der Waals surface area (Å²) in [5.74, 6) is 0.109. The van der Waals surface area contributed by atoms with Crippen LogP contribution < -0.4 is 5.32 Å². The Balaban J connectivity index is 2.20. The van der Waals surface area contributed by atoms with E-state index in [0.717, 1.165) is 35.1 Å². The van der Waals surface area contributed by atoms with E-state index in [9.17, 15) is 4.79 Å². The van der Waals surface area contributed by atoms with Crippen molar-refractivity contribution in [1.82, 2.24) is 10.2 Å². The predicted molar refractivity (Wildman–Crippen MR) is 72.2 cm³/mol. The number of nitrogens with zero attached hydrogens (tertiary/aromatic N) is 1. The van der Waals surface area contributed by atoms with Crippen LogP contribution in [0.15, 0.2) is 22.7 Å². The van der Waals surface area contributed by atoms with Crippen LogP contribution in [0.3, 0.4) is 0 Å². The molecule has 1 amide bonds. The maximum absolute atomic E-state index is 12.4. The molecule has 1 aliphatic heterocycles. The number of carbonyl (C=O) groups excluding carboxylic acids is 1. The average molecular weight is 297 g/mol. The van der Waals surface area contributed by atoms with E-state index in [-0.39, 0.29) is 5.91 Å². The second-order valence-corrected chi connectivity index (χ2v) is 5.44. The highest BCUT2D eigenvalue weighted by Gasteiger charge is 2.24. The van der Waals surface area contributed by atoms with E-state index < -0.39 is 0 Å². The zero-order chi connectivity index (χ0) is 12.4. The summed E-state index contributed by atoms with van der Waals surface area (Å²) in [5, 5.41) is 3.28. The van der Waals surface area contributed by atoms with Gasteiger partial charge in [-0.3, -0.25) is 4.79 Å². The van der Waals surface area contributed by atoms with Gasteiger partial charge in [0, 0.05) is 29.7 Å². The number of amides is 1. The summed E-state index contributed by atoms with van der Waals surface area (Å²) in [6, 6.07) is 6.15. The first-order valence-corrected chi connectivity index (χ1v) is 6.63. The molecular weight excluding hydrogens is 280 g/mol. The second-order valence-electron chi connectivity index (χ2n) is 4.52. The highest BCUT2D eigenvalue weighted by molar-refractivity contribution is 9.10. The second kappa shape index (κ2) is 5.19. The van der Waals surface area contributed by atoms with Crippen LogP contribution in [0.1, 0.15) is 22.3 Å². The van der Waals surface area contributed by atoms with Crippen molar-refractivity contribution < 1.29 is 4.79 Å². The van der Waals surface area contributed by atoms with Crippen molar-refractivity contribution in [3.05, 3.63) is 33.8 Å². The maximum Gasteiger partial charge on any atom is 0.254 e. The Morgan fingerprint density at radius 2 is 2.29 bits per heavy atom. The highest BCUT2D eigenvalue weighted by Crippen LogP contribution is 2.19. The molecule has 0 aliphatic carbocycles. The van der Waals surface area contributed by atoms with Crippen molar-refractivity contribution in [1.29, 1.82) is 0 Å². The molecule has 1 aliphatic rings. The van der Waals surface area contributed by atoms with Gasteiger partial charge in [-0.2, -0.15) is 0 Å². The lowest BCUT2D eigenvalue weighted by atomic mass is 10.1. The van der Waals surface area contributed by atoms with E-state index in [2.05, 4.69) is 21.2 Å². The van der Waals surface area contributed by atoms with Crippen LogP contribution in [0, 0.1) is 6.92 Å². The Kier molecular flexibility index (Phi) is 3.84. The Morgan fingerprint density at radius 1 is 1.53 bits per heavy atom. The zero-order valence-corrected chi connectivity index (χ0v) is 11.8. The Labute approximate surface area is 110 Å². The lowest BCUT2D eigenvalue weighted by molar-refractivity contribution is 0.0743. The van der Waals surface area contributed by atoms with E-state index in [1.54, 1.807) is 0 Å². The predicted octanol–water partition coefficient (Wildman–Crippen LogP) is 2.19. The van der Waals surface area contributed by atoms with Crippen LogP contribution in [0.2, 0.25) is 0 Å². The lowest BCUT2D eigenvalue weighted by Gasteiger charge is -2.24. The van der Waals surface area contributed by atoms with Gasteiger partial charge < -0.3 is 10.2 Å². The fourth-order valence-corrected chi connectivity index (χ4v) is 2.51. The fourth-order valence-electron chi connectivity index (χ4n) is 2.15. The number of halogens is 1. The molecule has 0 spiro atoms. The van der Waals surface area contributed by atoms with Gasteiger partial charge in [-0.1, -0.05) is 22.0 Å². The minimum Gasteiger partial charge on any atom is -0.337 e. The van der Waals surface area contributed by atoms with E-state index in [4.69, 9.17) is 0 Å². The molecule has 0 unspecified atom stereocenters. The number of aryl methyl sites for hydroxylation is 1. The van der Waals surface area contributed by atoms with Gasteiger partial charge in [0.2, 0.25) is 0 Å². The van der Waals surface area contributed by atoms with Crippen LogP contribution in [0.4, 0.5) is 0 Å². The molecule has 1 fully saturated rings. The quantitative estimate of drug-likeness (QED) is 0.907. The van der Waals surface area contributed by atoms with Crippen molar-refractivity contribution in [3.63, 3.8) is 0 Å². The summed E-state index contributed by atoms with van der Waals surface area (Å²) >= 11 is 3.41. The van der Waals surface area contributed by atoms with Gasteiger partial charge in [-0.25, -0.2) is 0 Å². The molecule has 4 heteroatoms. The molecule has 2 rings (SSSR count). The molecule has 92 valence electrons. The fraction of sp³-hybridized carbons (Fsp3) is 0.462. The molecule has 1 aromatic carbocycles. The monoisotopic (exact) mass is 296 g/mol. The maximum atomic E-state index is 12.4. The van der Waals surface area contributed by atoms with Crippen LogP contribution in [0.5, 0.6) is 0 Å². The lowest BCUT2D eigenvalue weighted by Crippen LogP contribution is -2.38. The van der Waals surface area contributed by atoms with Crippen molar-refractivity contribution in [2.75, 3.05) is 20.1 Å². The number of hydrogen-bond acceptors (Lipinski definition) is 2. The molecule has 0 saturated carbocycles. The number of likely N-dealkylation sites (N-methyl/N-ethyl adjacent to an activating group) is 1. The molecule has 17 heavy (non-hydrogen) atoms. The molecule has 1 atom stereocenters. The molecule has 3 nitrogen and oxygen atoms in total. The third kappa shape index (κ3) is 2.69. The first kappa shape index (κ1) is 12.6. The molecular formula is C13H17BrN2O. The zero-order valence-electron chi connectivity index (χ0n) is 10.2. The highest BCUT2D eigenvalue weighted by atomic mass is 79.9. The summed E-state index contributed by atoms with van der Waals surface area (Å²) in [7, 11) is 1.89. The van der Waals surface area contributed by atoms with Crippen LogP contribution in [-0.4, -0.2) is 37.0 Å². The van der Waals surface area contributed by atoms with Gasteiger partial charge in [0.15, 0.2) is 0 Å². The third-order valence-electron chi connectivity index (χ3n) is 3.33. The van der Waals surface area contributed by atoms with Gasteiger partial charge in [0.25, 0.3) is 5.91 Å². The summed E-state index contributed by atoms with van der Waals surface area (Å²) < 4.78 is 0.949. The summed E-state index contributed by atoms with van der Waals surface area (Å²) in [6.07, 6.45) is 1.04. The SMILES string of the molecule is Cc1ccc(Br)cc1C(=O)N(C)[C@H]1CCNC1. The summed E-state index contributed by atoms with van der Waals surface area (Å²) in [5.41, 5.74) is 1.81. The standard InChI is InChI=1S/C13H17BrN2O/c1-9-3-4-10(14)7-12(9)13(17)16(2)11-5-6-15-8-11/h3-4,7,11,15H,5-6,8H2,1-2H3/t11-/m0/s1. The van der Waals surface area contributed by atoms with Crippen LogP contribution in [0.25, 0.3) is 0 Å². The van der Waals surface area contributed by atoms with Crippen molar-refractivity contribution in [3.8, 4) is 0 Å². The first-order valence-electron chi connectivity index (χ1n) is 5.83. The number of hydrogen-bond donors (Lipinski definition) is 1. The number of carbonyl (C=O) groups is 1. The van der Waals surface area contributed by atoms with Gasteiger partial charge in [-0.05, 0) is 37.6 Å². The Morgan fingerprint density at radius 3 is 2.94 bits per heavy atom. The Bertz CT molecular complexity index is 427. The molecule has 1 N–H and O–H groups in total. The molecule has 1 saturated heterocycles.